The highest BCUT2D eigenvalue weighted by molar-refractivity contribution is 5.94. The quantitative estimate of drug-likeness (QED) is 0.775. The zero-order valence-corrected chi connectivity index (χ0v) is 17.3. The Balaban J connectivity index is 1.22. The molecule has 0 unspecified atom stereocenters. The summed E-state index contributed by atoms with van der Waals surface area (Å²) in [7, 11) is 0. The Kier molecular flexibility index (Phi) is 4.32. The Morgan fingerprint density at radius 2 is 1.58 bits per heavy atom. The number of carboxylic acid groups (broad SMARTS) is 1. The van der Waals surface area contributed by atoms with Gasteiger partial charge >= 0.3 is 12.1 Å². The molecule has 2 amide bonds. The van der Waals surface area contributed by atoms with E-state index < -0.39 is 23.0 Å². The number of benzene rings is 2. The van der Waals surface area contributed by atoms with Gasteiger partial charge in [0.2, 0.25) is 5.91 Å². The van der Waals surface area contributed by atoms with Crippen LogP contribution in [0, 0.1) is 5.41 Å². The number of hydrogen-bond donors (Lipinski definition) is 2. The fourth-order valence-electron chi connectivity index (χ4n) is 4.72. The number of alkyl carbamates (subject to hydrolysis) is 1. The van der Waals surface area contributed by atoms with Crippen molar-refractivity contribution in [1.29, 1.82) is 0 Å². The summed E-state index contributed by atoms with van der Waals surface area (Å²) in [6.07, 6.45) is 0.460. The van der Waals surface area contributed by atoms with Gasteiger partial charge in [0, 0.05) is 19.0 Å². The number of nitrogens with zero attached hydrogens (tertiary/aromatic N) is 1. The summed E-state index contributed by atoms with van der Waals surface area (Å²) in [4.78, 5) is 38.1. The van der Waals surface area contributed by atoms with Crippen LogP contribution in [0.4, 0.5) is 4.79 Å². The van der Waals surface area contributed by atoms with Gasteiger partial charge in [0.15, 0.2) is 0 Å². The minimum Gasteiger partial charge on any atom is -0.481 e. The van der Waals surface area contributed by atoms with Crippen LogP contribution in [0.5, 0.6) is 0 Å². The average molecular weight is 420 g/mol. The van der Waals surface area contributed by atoms with Crippen LogP contribution in [0.2, 0.25) is 0 Å². The van der Waals surface area contributed by atoms with E-state index in [0.717, 1.165) is 22.3 Å². The zero-order valence-electron chi connectivity index (χ0n) is 17.3. The summed E-state index contributed by atoms with van der Waals surface area (Å²) in [5, 5.41) is 12.0. The van der Waals surface area contributed by atoms with Gasteiger partial charge in [-0.05, 0) is 42.0 Å². The molecule has 1 heterocycles. The molecule has 0 spiro atoms. The van der Waals surface area contributed by atoms with Gasteiger partial charge in [0.05, 0.1) is 0 Å². The first-order chi connectivity index (χ1) is 14.8. The monoisotopic (exact) mass is 420 g/mol. The van der Waals surface area contributed by atoms with Crippen LogP contribution >= 0.6 is 0 Å². The van der Waals surface area contributed by atoms with Crippen molar-refractivity contribution in [2.75, 3.05) is 19.7 Å². The van der Waals surface area contributed by atoms with Gasteiger partial charge in [0.1, 0.15) is 17.6 Å². The molecule has 5 rings (SSSR count). The average Bonchev–Trinajstić information content (AvgIpc) is 3.45. The van der Waals surface area contributed by atoms with Crippen molar-refractivity contribution in [3.63, 3.8) is 0 Å². The van der Waals surface area contributed by atoms with E-state index >= 15 is 0 Å². The second kappa shape index (κ2) is 6.83. The summed E-state index contributed by atoms with van der Waals surface area (Å²) in [6.45, 7) is 2.13. The molecule has 2 fully saturated rings. The molecule has 31 heavy (non-hydrogen) atoms. The number of hydrogen-bond acceptors (Lipinski definition) is 4. The van der Waals surface area contributed by atoms with Gasteiger partial charge in [-0.25, -0.2) is 4.79 Å². The largest absolute Gasteiger partial charge is 0.481 e. The third kappa shape index (κ3) is 3.15. The number of rotatable bonds is 5. The maximum atomic E-state index is 12.8. The number of nitrogens with one attached hydrogen (secondary N) is 1. The normalized spacial score (nSPS) is 19.6. The van der Waals surface area contributed by atoms with E-state index in [1.165, 1.54) is 4.90 Å². The Morgan fingerprint density at radius 1 is 1.03 bits per heavy atom. The van der Waals surface area contributed by atoms with E-state index in [-0.39, 0.29) is 31.5 Å². The van der Waals surface area contributed by atoms with Crippen molar-refractivity contribution in [3.8, 4) is 11.1 Å². The second-order valence-corrected chi connectivity index (χ2v) is 9.06. The molecule has 0 atom stereocenters. The predicted molar refractivity (Wildman–Crippen MR) is 112 cm³/mol. The number of fused-ring (bicyclic) bond motifs is 3. The van der Waals surface area contributed by atoms with Gasteiger partial charge in [-0.3, -0.25) is 9.59 Å². The van der Waals surface area contributed by atoms with E-state index in [1.54, 1.807) is 6.92 Å². The number of likely N-dealkylation sites (tertiary alicyclic amines) is 1. The first-order valence-corrected chi connectivity index (χ1v) is 10.5. The summed E-state index contributed by atoms with van der Waals surface area (Å²) in [5.41, 5.74) is 2.70. The van der Waals surface area contributed by atoms with Crippen LogP contribution in [-0.2, 0) is 14.3 Å². The highest BCUT2D eigenvalue weighted by atomic mass is 16.5. The fraction of sp³-hybridized carbons (Fsp3) is 0.375. The van der Waals surface area contributed by atoms with E-state index in [9.17, 15) is 19.5 Å². The highest BCUT2D eigenvalue weighted by Crippen LogP contribution is 2.45. The molecule has 2 aliphatic carbocycles. The summed E-state index contributed by atoms with van der Waals surface area (Å²) >= 11 is 0. The summed E-state index contributed by atoms with van der Waals surface area (Å²) in [5.74, 6) is -1.18. The van der Waals surface area contributed by atoms with Crippen molar-refractivity contribution < 1.29 is 24.2 Å². The molecule has 2 aromatic carbocycles. The molecule has 1 aliphatic heterocycles. The zero-order chi connectivity index (χ0) is 21.8. The van der Waals surface area contributed by atoms with Crippen LogP contribution < -0.4 is 5.32 Å². The van der Waals surface area contributed by atoms with Crippen molar-refractivity contribution in [2.24, 2.45) is 5.41 Å². The third-order valence-corrected chi connectivity index (χ3v) is 6.73. The van der Waals surface area contributed by atoms with E-state index in [1.807, 2.05) is 24.3 Å². The van der Waals surface area contributed by atoms with Crippen LogP contribution in [0.1, 0.15) is 36.8 Å². The number of ether oxygens (including phenoxy) is 1. The van der Waals surface area contributed by atoms with Crippen LogP contribution in [0.25, 0.3) is 11.1 Å². The Morgan fingerprint density at radius 3 is 2.10 bits per heavy atom. The van der Waals surface area contributed by atoms with E-state index in [4.69, 9.17) is 4.74 Å². The van der Waals surface area contributed by atoms with Crippen molar-refractivity contribution in [2.45, 2.75) is 31.2 Å². The lowest BCUT2D eigenvalue weighted by molar-refractivity contribution is -0.165. The number of carboxylic acids is 1. The van der Waals surface area contributed by atoms with Gasteiger partial charge in [-0.2, -0.15) is 0 Å². The lowest BCUT2D eigenvalue weighted by atomic mass is 9.81. The fourth-order valence-corrected chi connectivity index (χ4v) is 4.72. The molecule has 7 heteroatoms. The smallest absolute Gasteiger partial charge is 0.408 e. The number of amides is 2. The van der Waals surface area contributed by atoms with Crippen LogP contribution in [0.15, 0.2) is 48.5 Å². The third-order valence-electron chi connectivity index (χ3n) is 6.73. The van der Waals surface area contributed by atoms with Crippen LogP contribution in [0.3, 0.4) is 0 Å². The molecule has 3 aliphatic rings. The first kappa shape index (κ1) is 19.6. The molecular formula is C24H24N2O5. The van der Waals surface area contributed by atoms with Gasteiger partial charge in [0.25, 0.3) is 0 Å². The molecule has 2 aromatic rings. The van der Waals surface area contributed by atoms with Gasteiger partial charge < -0.3 is 20.1 Å². The maximum Gasteiger partial charge on any atom is 0.408 e. The number of carbonyl (C=O) groups is 3. The van der Waals surface area contributed by atoms with E-state index in [0.29, 0.717) is 12.8 Å². The van der Waals surface area contributed by atoms with Crippen molar-refractivity contribution in [3.05, 3.63) is 59.7 Å². The van der Waals surface area contributed by atoms with Crippen LogP contribution in [-0.4, -0.2) is 53.2 Å². The molecule has 1 saturated heterocycles. The van der Waals surface area contributed by atoms with Crippen molar-refractivity contribution >= 4 is 18.0 Å². The number of carbonyl (C=O) groups excluding carboxylic acids is 2. The standard InChI is InChI=1S/C24H24N2O5/c1-23(21(28)29)13-26(14-23)20(27)24(10-11-24)25-22(30)31-12-19-17-8-4-2-6-15(17)16-7-3-5-9-18(16)19/h2-9,19H,10-14H2,1H3,(H,25,30)(H,28,29). The molecule has 0 radical (unpaired) electrons. The first-order valence-electron chi connectivity index (χ1n) is 10.5. The van der Waals surface area contributed by atoms with Crippen molar-refractivity contribution in [1.82, 2.24) is 10.2 Å². The molecule has 7 nitrogen and oxygen atoms in total. The lowest BCUT2D eigenvalue weighted by Crippen LogP contribution is -2.64. The summed E-state index contributed by atoms with van der Waals surface area (Å²) in [6, 6.07) is 16.2. The number of aliphatic carboxylic acids is 1. The highest BCUT2D eigenvalue weighted by Gasteiger charge is 2.58. The topological polar surface area (TPSA) is 95.9 Å². The summed E-state index contributed by atoms with van der Waals surface area (Å²) < 4.78 is 5.56. The van der Waals surface area contributed by atoms with E-state index in [2.05, 4.69) is 29.6 Å². The predicted octanol–water partition coefficient (Wildman–Crippen LogP) is 2.99. The molecule has 0 aromatic heterocycles. The Labute approximate surface area is 180 Å². The second-order valence-electron chi connectivity index (χ2n) is 9.06. The minimum atomic E-state index is -0.956. The molecule has 0 bridgehead atoms. The van der Waals surface area contributed by atoms with Gasteiger partial charge in [-0.1, -0.05) is 48.5 Å². The molecule has 2 N–H and O–H groups in total. The van der Waals surface area contributed by atoms with Gasteiger partial charge in [-0.15, -0.1) is 0 Å². The maximum absolute atomic E-state index is 12.8. The molecule has 160 valence electrons. The Bertz CT molecular complexity index is 1040. The molecular weight excluding hydrogens is 396 g/mol. The SMILES string of the molecule is CC1(C(=O)O)CN(C(=O)C2(NC(=O)OCC3c4ccccc4-c4ccccc43)CC2)C1. The molecule has 1 saturated carbocycles. The Hall–Kier alpha value is -3.35. The lowest BCUT2D eigenvalue weighted by Gasteiger charge is -2.46. The minimum absolute atomic E-state index is 0.0457.